The highest BCUT2D eigenvalue weighted by atomic mass is 19.4. The summed E-state index contributed by atoms with van der Waals surface area (Å²) in [5, 5.41) is 0. The molecule has 5 nitrogen and oxygen atoms in total. The first-order valence-corrected chi connectivity index (χ1v) is 12.4. The van der Waals surface area contributed by atoms with Crippen LogP contribution in [0.4, 0.5) is 32.2 Å². The third-order valence-electron chi connectivity index (χ3n) is 6.70. The molecule has 1 saturated heterocycles. The molecule has 0 bridgehead atoms. The van der Waals surface area contributed by atoms with Gasteiger partial charge >= 0.3 is 12.4 Å². The van der Waals surface area contributed by atoms with Crippen LogP contribution in [-0.2, 0) is 12.4 Å². The molecular formula is C28H28F6N4O. The van der Waals surface area contributed by atoms with E-state index in [1.165, 1.54) is 4.90 Å². The summed E-state index contributed by atoms with van der Waals surface area (Å²) in [6.07, 6.45) is -10.1. The topological polar surface area (TPSA) is 49.3 Å². The van der Waals surface area contributed by atoms with Crippen molar-refractivity contribution < 1.29 is 31.1 Å². The molecule has 0 aliphatic carbocycles. The van der Waals surface area contributed by atoms with Gasteiger partial charge in [-0.15, -0.1) is 0 Å². The van der Waals surface area contributed by atoms with Crippen molar-refractivity contribution in [3.05, 3.63) is 76.0 Å². The number of amides is 1. The van der Waals surface area contributed by atoms with E-state index in [0.29, 0.717) is 36.9 Å². The fraction of sp³-hybridized carbons (Fsp3) is 0.393. The molecule has 0 spiro atoms. The monoisotopic (exact) mass is 550 g/mol. The summed E-state index contributed by atoms with van der Waals surface area (Å²) in [4.78, 5) is 25.9. The van der Waals surface area contributed by atoms with Crippen molar-refractivity contribution >= 4 is 11.7 Å². The molecule has 0 atom stereocenters. The molecule has 0 radical (unpaired) electrons. The second kappa shape index (κ2) is 10.5. The van der Waals surface area contributed by atoms with E-state index in [-0.39, 0.29) is 25.1 Å². The first kappa shape index (κ1) is 28.4. The molecule has 11 heteroatoms. The first-order chi connectivity index (χ1) is 18.1. The smallest absolute Gasteiger partial charge is 0.353 e. The number of alkyl halides is 6. The summed E-state index contributed by atoms with van der Waals surface area (Å²) in [5.41, 5.74) is 0.0264. The number of hydrogen-bond donors (Lipinski definition) is 0. The Bertz CT molecular complexity index is 1330. The second-order valence-electron chi connectivity index (χ2n) is 9.96. The van der Waals surface area contributed by atoms with Crippen molar-refractivity contribution in [1.29, 1.82) is 0 Å². The number of benzene rings is 2. The fourth-order valence-corrected chi connectivity index (χ4v) is 4.70. The predicted molar refractivity (Wildman–Crippen MR) is 136 cm³/mol. The van der Waals surface area contributed by atoms with Crippen molar-refractivity contribution in [2.24, 2.45) is 0 Å². The molecule has 208 valence electrons. The Morgan fingerprint density at radius 1 is 0.821 bits per heavy atom. The third-order valence-corrected chi connectivity index (χ3v) is 6.70. The Morgan fingerprint density at radius 3 is 1.85 bits per heavy atom. The summed E-state index contributed by atoms with van der Waals surface area (Å²) in [6.45, 7) is 8.75. The number of anilines is 1. The third kappa shape index (κ3) is 6.17. The molecule has 4 rings (SSSR count). The van der Waals surface area contributed by atoms with Crippen LogP contribution < -0.4 is 4.90 Å². The maximum Gasteiger partial charge on any atom is 0.416 e. The number of piperazine rings is 1. The average molecular weight is 551 g/mol. The summed E-state index contributed by atoms with van der Waals surface area (Å²) in [5.74, 6) is 0.472. The van der Waals surface area contributed by atoms with Crippen LogP contribution >= 0.6 is 0 Å². The average Bonchev–Trinajstić information content (AvgIpc) is 2.86. The molecule has 0 N–H and O–H groups in total. The number of aryl methyl sites for hydroxylation is 2. The van der Waals surface area contributed by atoms with Gasteiger partial charge in [-0.2, -0.15) is 26.3 Å². The van der Waals surface area contributed by atoms with Gasteiger partial charge < -0.3 is 9.80 Å². The minimum absolute atomic E-state index is 0.0191. The lowest BCUT2D eigenvalue weighted by Gasteiger charge is -2.37. The van der Waals surface area contributed by atoms with Gasteiger partial charge in [0.2, 0.25) is 0 Å². The Balaban J connectivity index is 1.60. The fourth-order valence-electron chi connectivity index (χ4n) is 4.70. The first-order valence-electron chi connectivity index (χ1n) is 12.4. The molecule has 1 aliphatic rings. The number of carbonyl (C=O) groups is 1. The quantitative estimate of drug-likeness (QED) is 0.332. The number of carbonyl (C=O) groups excluding carboxylic acids is 1. The zero-order valence-electron chi connectivity index (χ0n) is 21.9. The molecule has 0 saturated carbocycles. The van der Waals surface area contributed by atoms with E-state index < -0.39 is 35.0 Å². The molecule has 1 aliphatic heterocycles. The lowest BCUT2D eigenvalue weighted by Crippen LogP contribution is -2.49. The van der Waals surface area contributed by atoms with E-state index in [2.05, 4.69) is 0 Å². The van der Waals surface area contributed by atoms with Crippen LogP contribution in [0.5, 0.6) is 0 Å². The van der Waals surface area contributed by atoms with Gasteiger partial charge in [-0.25, -0.2) is 9.97 Å². The zero-order chi connectivity index (χ0) is 28.7. The van der Waals surface area contributed by atoms with Crippen LogP contribution in [0.1, 0.15) is 58.1 Å². The van der Waals surface area contributed by atoms with E-state index in [1.807, 2.05) is 56.9 Å². The van der Waals surface area contributed by atoms with Gasteiger partial charge in [0.05, 0.1) is 11.1 Å². The Morgan fingerprint density at radius 2 is 1.36 bits per heavy atom. The number of halogens is 6. The van der Waals surface area contributed by atoms with E-state index in [4.69, 9.17) is 9.97 Å². The van der Waals surface area contributed by atoms with Gasteiger partial charge in [-0.3, -0.25) is 4.79 Å². The molecule has 2 aromatic carbocycles. The van der Waals surface area contributed by atoms with Gasteiger partial charge in [0.15, 0.2) is 5.82 Å². The lowest BCUT2D eigenvalue weighted by molar-refractivity contribution is -0.143. The summed E-state index contributed by atoms with van der Waals surface area (Å²) in [6, 6.07) is 8.77. The standard InChI is InChI=1S/C28H28F6N4O/c1-16(2)23-18(4)35-24(19-7-5-17(3)6-8-19)36-25(23)37-9-11-38(12-10-37)26(39)20-13-21(27(29,30)31)15-22(14-20)28(32,33)34/h5-8,13-16H,9-12H2,1-4H3. The van der Waals surface area contributed by atoms with Crippen LogP contribution in [-0.4, -0.2) is 47.0 Å². The molecule has 1 aromatic heterocycles. The zero-order valence-corrected chi connectivity index (χ0v) is 21.9. The van der Waals surface area contributed by atoms with E-state index in [0.717, 1.165) is 22.4 Å². The molecule has 3 aromatic rings. The van der Waals surface area contributed by atoms with Crippen LogP contribution in [0.2, 0.25) is 0 Å². The molecule has 39 heavy (non-hydrogen) atoms. The summed E-state index contributed by atoms with van der Waals surface area (Å²) >= 11 is 0. The summed E-state index contributed by atoms with van der Waals surface area (Å²) < 4.78 is 79.7. The Kier molecular flexibility index (Phi) is 7.64. The maximum atomic E-state index is 13.3. The minimum Gasteiger partial charge on any atom is -0.353 e. The lowest BCUT2D eigenvalue weighted by atomic mass is 10.0. The Hall–Kier alpha value is -3.63. The Labute approximate surface area is 222 Å². The van der Waals surface area contributed by atoms with E-state index >= 15 is 0 Å². The molecule has 1 amide bonds. The summed E-state index contributed by atoms with van der Waals surface area (Å²) in [7, 11) is 0. The molecule has 2 heterocycles. The van der Waals surface area contributed by atoms with Gasteiger partial charge in [0, 0.05) is 48.6 Å². The molecule has 1 fully saturated rings. The number of rotatable bonds is 4. The maximum absolute atomic E-state index is 13.3. The van der Waals surface area contributed by atoms with E-state index in [1.54, 1.807) is 0 Å². The van der Waals surface area contributed by atoms with Crippen LogP contribution in [0, 0.1) is 13.8 Å². The highest BCUT2D eigenvalue weighted by Gasteiger charge is 2.38. The highest BCUT2D eigenvalue weighted by Crippen LogP contribution is 2.37. The van der Waals surface area contributed by atoms with Crippen LogP contribution in [0.15, 0.2) is 42.5 Å². The van der Waals surface area contributed by atoms with Crippen LogP contribution in [0.3, 0.4) is 0 Å². The van der Waals surface area contributed by atoms with Crippen molar-refractivity contribution in [1.82, 2.24) is 14.9 Å². The van der Waals surface area contributed by atoms with Crippen molar-refractivity contribution in [2.75, 3.05) is 31.1 Å². The van der Waals surface area contributed by atoms with E-state index in [9.17, 15) is 31.1 Å². The number of nitrogens with zero attached hydrogens (tertiary/aromatic N) is 4. The van der Waals surface area contributed by atoms with Gasteiger partial charge in [-0.1, -0.05) is 43.7 Å². The second-order valence-corrected chi connectivity index (χ2v) is 9.96. The number of aromatic nitrogens is 2. The van der Waals surface area contributed by atoms with Crippen molar-refractivity contribution in [3.8, 4) is 11.4 Å². The predicted octanol–water partition coefficient (Wildman–Crippen LogP) is 6.88. The van der Waals surface area contributed by atoms with Gasteiger partial charge in [-0.05, 0) is 38.0 Å². The van der Waals surface area contributed by atoms with Crippen molar-refractivity contribution in [3.63, 3.8) is 0 Å². The number of hydrogen-bond acceptors (Lipinski definition) is 4. The largest absolute Gasteiger partial charge is 0.416 e. The van der Waals surface area contributed by atoms with Gasteiger partial charge in [0.1, 0.15) is 5.82 Å². The van der Waals surface area contributed by atoms with Crippen LogP contribution in [0.25, 0.3) is 11.4 Å². The molecular weight excluding hydrogens is 522 g/mol. The van der Waals surface area contributed by atoms with Gasteiger partial charge in [0.25, 0.3) is 5.91 Å². The SMILES string of the molecule is Cc1ccc(-c2nc(C)c(C(C)C)c(N3CCN(C(=O)c4cc(C(F)(F)F)cc(C(F)(F)F)c4)CC3)n2)cc1. The van der Waals surface area contributed by atoms with Crippen molar-refractivity contribution in [2.45, 2.75) is 46.0 Å². The highest BCUT2D eigenvalue weighted by molar-refractivity contribution is 5.95. The normalized spacial score (nSPS) is 14.7. The molecule has 0 unspecified atom stereocenters. The minimum atomic E-state index is -5.03.